The first-order valence-corrected chi connectivity index (χ1v) is 9.49. The Morgan fingerprint density at radius 3 is 2.50 bits per heavy atom. The predicted molar refractivity (Wildman–Crippen MR) is 92.2 cm³/mol. The van der Waals surface area contributed by atoms with Crippen molar-refractivity contribution >= 4 is 32.7 Å². The molecule has 26 heavy (non-hydrogen) atoms. The number of methoxy groups -OCH3 is 1. The molecular formula is C17H18N2O6S. The summed E-state index contributed by atoms with van der Waals surface area (Å²) in [7, 11) is -2.59. The van der Waals surface area contributed by atoms with Crippen LogP contribution < -0.4 is 0 Å². The Labute approximate surface area is 150 Å². The van der Waals surface area contributed by atoms with E-state index in [1.807, 2.05) is 0 Å². The third-order valence-corrected chi connectivity index (χ3v) is 6.52. The Balaban J connectivity index is 2.02. The van der Waals surface area contributed by atoms with Crippen LogP contribution in [0, 0.1) is 5.92 Å². The molecule has 9 heteroatoms. The van der Waals surface area contributed by atoms with Crippen LogP contribution in [0.15, 0.2) is 35.4 Å². The lowest BCUT2D eigenvalue weighted by molar-refractivity contribution is -0.142. The van der Waals surface area contributed by atoms with Crippen LogP contribution in [0.3, 0.4) is 0 Å². The van der Waals surface area contributed by atoms with Gasteiger partial charge in [-0.3, -0.25) is 4.79 Å². The fourth-order valence-electron chi connectivity index (χ4n) is 3.14. The molecule has 138 valence electrons. The van der Waals surface area contributed by atoms with Crippen LogP contribution in [0.25, 0.3) is 10.8 Å². The van der Waals surface area contributed by atoms with Gasteiger partial charge < -0.3 is 9.84 Å². The van der Waals surface area contributed by atoms with Crippen LogP contribution >= 0.6 is 0 Å². The number of pyridine rings is 1. The van der Waals surface area contributed by atoms with Gasteiger partial charge in [-0.15, -0.1) is 0 Å². The maximum Gasteiger partial charge on any atom is 0.357 e. The Kier molecular flexibility index (Phi) is 4.92. The first kappa shape index (κ1) is 18.3. The van der Waals surface area contributed by atoms with E-state index in [1.165, 1.54) is 23.7 Å². The van der Waals surface area contributed by atoms with Gasteiger partial charge in [0.05, 0.1) is 17.9 Å². The molecule has 0 unspecified atom stereocenters. The Hall–Kier alpha value is -2.52. The molecule has 1 saturated heterocycles. The lowest BCUT2D eigenvalue weighted by atomic mass is 9.99. The van der Waals surface area contributed by atoms with Crippen molar-refractivity contribution < 1.29 is 27.9 Å². The van der Waals surface area contributed by atoms with E-state index in [-0.39, 0.29) is 36.5 Å². The first-order valence-electron chi connectivity index (χ1n) is 8.05. The number of hydrogen-bond acceptors (Lipinski definition) is 6. The average Bonchev–Trinajstić information content (AvgIpc) is 2.66. The normalized spacial score (nSPS) is 16.5. The molecule has 1 aromatic carbocycles. The lowest BCUT2D eigenvalue weighted by Crippen LogP contribution is -2.40. The SMILES string of the molecule is COC(=O)c1nccc2c(S(=O)(=O)N3CCC(C(=O)O)CC3)cccc12. The van der Waals surface area contributed by atoms with Gasteiger partial charge >= 0.3 is 11.9 Å². The van der Waals surface area contributed by atoms with Crippen molar-refractivity contribution in [3.63, 3.8) is 0 Å². The summed E-state index contributed by atoms with van der Waals surface area (Å²) in [6, 6.07) is 6.18. The molecule has 1 fully saturated rings. The molecule has 0 radical (unpaired) electrons. The summed E-state index contributed by atoms with van der Waals surface area (Å²) in [6.45, 7) is 0.287. The lowest BCUT2D eigenvalue weighted by Gasteiger charge is -2.29. The molecule has 1 aromatic heterocycles. The van der Waals surface area contributed by atoms with Crippen molar-refractivity contribution in [3.05, 3.63) is 36.2 Å². The number of sulfonamides is 1. The first-order chi connectivity index (χ1) is 12.4. The van der Waals surface area contributed by atoms with Crippen molar-refractivity contribution in [2.24, 2.45) is 5.92 Å². The summed E-state index contributed by atoms with van der Waals surface area (Å²) in [4.78, 5) is 27.0. The second-order valence-corrected chi connectivity index (χ2v) is 7.93. The molecule has 0 atom stereocenters. The van der Waals surface area contributed by atoms with E-state index in [4.69, 9.17) is 9.84 Å². The van der Waals surface area contributed by atoms with Crippen molar-refractivity contribution in [1.29, 1.82) is 0 Å². The quantitative estimate of drug-likeness (QED) is 0.802. The molecule has 3 rings (SSSR count). The number of ether oxygens (including phenoxy) is 1. The highest BCUT2D eigenvalue weighted by molar-refractivity contribution is 7.89. The zero-order chi connectivity index (χ0) is 18.9. The van der Waals surface area contributed by atoms with Gasteiger partial charge in [-0.25, -0.2) is 18.2 Å². The zero-order valence-corrected chi connectivity index (χ0v) is 14.9. The van der Waals surface area contributed by atoms with E-state index < -0.39 is 27.9 Å². The molecule has 0 spiro atoms. The molecule has 2 aromatic rings. The van der Waals surface area contributed by atoms with Gasteiger partial charge in [0, 0.05) is 30.1 Å². The van der Waals surface area contributed by atoms with E-state index in [1.54, 1.807) is 18.2 Å². The minimum absolute atomic E-state index is 0.0478. The molecule has 0 saturated carbocycles. The minimum atomic E-state index is -3.83. The summed E-state index contributed by atoms with van der Waals surface area (Å²) in [6.07, 6.45) is 1.91. The molecule has 8 nitrogen and oxygen atoms in total. The summed E-state index contributed by atoms with van der Waals surface area (Å²) >= 11 is 0. The van der Waals surface area contributed by atoms with Crippen LogP contribution in [0.4, 0.5) is 0 Å². The van der Waals surface area contributed by atoms with Crippen molar-refractivity contribution in [1.82, 2.24) is 9.29 Å². The van der Waals surface area contributed by atoms with E-state index in [0.717, 1.165) is 0 Å². The smallest absolute Gasteiger partial charge is 0.357 e. The number of piperidine rings is 1. The van der Waals surface area contributed by atoms with Crippen LogP contribution in [0.2, 0.25) is 0 Å². The summed E-state index contributed by atoms with van der Waals surface area (Å²) in [5.74, 6) is -2.07. The van der Waals surface area contributed by atoms with Gasteiger partial charge in [0.25, 0.3) is 0 Å². The van der Waals surface area contributed by atoms with Crippen LogP contribution in [0.1, 0.15) is 23.3 Å². The third-order valence-electron chi connectivity index (χ3n) is 4.57. The fourth-order valence-corrected chi connectivity index (χ4v) is 4.82. The number of carboxylic acids is 1. The van der Waals surface area contributed by atoms with Crippen molar-refractivity contribution in [2.45, 2.75) is 17.7 Å². The number of aliphatic carboxylic acids is 1. The Morgan fingerprint density at radius 2 is 1.88 bits per heavy atom. The third kappa shape index (κ3) is 3.15. The Morgan fingerprint density at radius 1 is 1.19 bits per heavy atom. The summed E-state index contributed by atoms with van der Waals surface area (Å²) in [5.41, 5.74) is 0.0478. The molecule has 1 aliphatic rings. The number of aromatic nitrogens is 1. The topological polar surface area (TPSA) is 114 Å². The van der Waals surface area contributed by atoms with Gasteiger partial charge in [-0.05, 0) is 25.0 Å². The number of fused-ring (bicyclic) bond motifs is 1. The molecule has 0 aliphatic carbocycles. The molecule has 1 N–H and O–H groups in total. The van der Waals surface area contributed by atoms with Crippen LogP contribution in [0.5, 0.6) is 0 Å². The number of carbonyl (C=O) groups is 2. The number of hydrogen-bond donors (Lipinski definition) is 1. The number of rotatable bonds is 4. The maximum absolute atomic E-state index is 13.1. The van der Waals surface area contributed by atoms with E-state index >= 15 is 0 Å². The molecule has 2 heterocycles. The minimum Gasteiger partial charge on any atom is -0.481 e. The molecule has 0 amide bonds. The standard InChI is InChI=1S/C17H18N2O6S/c1-25-17(22)15-13-3-2-4-14(12(13)5-8-18-15)26(23,24)19-9-6-11(7-10-19)16(20)21/h2-5,8,11H,6-7,9-10H2,1H3,(H,20,21). The number of carboxylic acid groups (broad SMARTS) is 1. The largest absolute Gasteiger partial charge is 0.481 e. The second-order valence-electron chi connectivity index (χ2n) is 6.02. The predicted octanol–water partition coefficient (Wildman–Crippen LogP) is 1.51. The number of carbonyl (C=O) groups excluding carboxylic acids is 1. The number of nitrogens with zero attached hydrogens (tertiary/aromatic N) is 2. The Bertz CT molecular complexity index is 964. The summed E-state index contributed by atoms with van der Waals surface area (Å²) < 4.78 is 32.1. The molecule has 1 aliphatic heterocycles. The monoisotopic (exact) mass is 378 g/mol. The van der Waals surface area contributed by atoms with Crippen molar-refractivity contribution in [3.8, 4) is 0 Å². The van der Waals surface area contributed by atoms with Gasteiger partial charge in [0.1, 0.15) is 0 Å². The van der Waals surface area contributed by atoms with Crippen molar-refractivity contribution in [2.75, 3.05) is 20.2 Å². The highest BCUT2D eigenvalue weighted by Crippen LogP contribution is 2.30. The summed E-state index contributed by atoms with van der Waals surface area (Å²) in [5, 5.41) is 9.84. The van der Waals surface area contributed by atoms with E-state index in [0.29, 0.717) is 10.8 Å². The fraction of sp³-hybridized carbons (Fsp3) is 0.353. The van der Waals surface area contributed by atoms with E-state index in [9.17, 15) is 18.0 Å². The highest BCUT2D eigenvalue weighted by atomic mass is 32.2. The number of benzene rings is 1. The molecule has 0 bridgehead atoms. The zero-order valence-electron chi connectivity index (χ0n) is 14.1. The molecular weight excluding hydrogens is 360 g/mol. The van der Waals surface area contributed by atoms with Gasteiger partial charge in [0.2, 0.25) is 10.0 Å². The highest BCUT2D eigenvalue weighted by Gasteiger charge is 2.33. The average molecular weight is 378 g/mol. The van der Waals surface area contributed by atoms with Crippen LogP contribution in [-0.4, -0.2) is 55.0 Å². The number of esters is 1. The van der Waals surface area contributed by atoms with Gasteiger partial charge in [0.15, 0.2) is 5.69 Å². The van der Waals surface area contributed by atoms with Gasteiger partial charge in [-0.2, -0.15) is 4.31 Å². The maximum atomic E-state index is 13.1. The van der Waals surface area contributed by atoms with E-state index in [2.05, 4.69) is 4.98 Å². The van der Waals surface area contributed by atoms with Gasteiger partial charge in [-0.1, -0.05) is 12.1 Å². The second kappa shape index (κ2) is 7.00. The van der Waals surface area contributed by atoms with Crippen LogP contribution in [-0.2, 0) is 19.6 Å².